The van der Waals surface area contributed by atoms with Gasteiger partial charge in [-0.1, -0.05) is 0 Å². The molecule has 0 aromatic heterocycles. The third kappa shape index (κ3) is 0.820. The number of nitrogens with two attached hydrogens (primary N) is 1. The van der Waals surface area contributed by atoms with Gasteiger partial charge in [0.25, 0.3) is 0 Å². The molecular formula is C8H13NO3. The lowest BCUT2D eigenvalue weighted by atomic mass is 9.88. The van der Waals surface area contributed by atoms with E-state index in [4.69, 9.17) is 15.6 Å². The molecule has 2 fully saturated rings. The second-order valence-electron chi connectivity index (χ2n) is 3.94. The number of carboxylic acids is 1. The summed E-state index contributed by atoms with van der Waals surface area (Å²) in [5, 5.41) is 8.98. The van der Waals surface area contributed by atoms with E-state index < -0.39 is 11.4 Å². The van der Waals surface area contributed by atoms with Crippen LogP contribution in [0.25, 0.3) is 0 Å². The second-order valence-corrected chi connectivity index (χ2v) is 3.94. The first-order valence-corrected chi connectivity index (χ1v) is 4.20. The first kappa shape index (κ1) is 8.01. The molecule has 1 saturated heterocycles. The minimum atomic E-state index is -0.727. The largest absolute Gasteiger partial charge is 0.481 e. The first-order valence-electron chi connectivity index (χ1n) is 4.20. The van der Waals surface area contributed by atoms with Gasteiger partial charge < -0.3 is 15.6 Å². The number of fused-ring (bicyclic) bond motifs is 2. The summed E-state index contributed by atoms with van der Waals surface area (Å²) in [6, 6.07) is 0. The molecule has 1 heterocycles. The Bertz CT molecular complexity index is 218. The quantitative estimate of drug-likeness (QED) is 0.612. The van der Waals surface area contributed by atoms with Gasteiger partial charge in [-0.05, 0) is 19.3 Å². The van der Waals surface area contributed by atoms with E-state index >= 15 is 0 Å². The lowest BCUT2D eigenvalue weighted by Gasteiger charge is -2.25. The van der Waals surface area contributed by atoms with Gasteiger partial charge in [0.1, 0.15) is 0 Å². The molecule has 0 aromatic rings. The average Bonchev–Trinajstić information content (AvgIpc) is 2.61. The summed E-state index contributed by atoms with van der Waals surface area (Å²) < 4.78 is 5.45. The third-order valence-corrected chi connectivity index (χ3v) is 3.20. The maximum Gasteiger partial charge on any atom is 0.312 e. The van der Waals surface area contributed by atoms with Gasteiger partial charge in [-0.25, -0.2) is 0 Å². The molecule has 3 N–H and O–H groups in total. The highest BCUT2D eigenvalue weighted by molar-refractivity contribution is 5.76. The highest BCUT2D eigenvalue weighted by Gasteiger charge is 2.59. The monoisotopic (exact) mass is 171 g/mol. The van der Waals surface area contributed by atoms with Crippen molar-refractivity contribution < 1.29 is 14.6 Å². The zero-order chi connectivity index (χ0) is 8.82. The fourth-order valence-corrected chi connectivity index (χ4v) is 2.28. The molecule has 1 aliphatic carbocycles. The van der Waals surface area contributed by atoms with E-state index in [0.717, 1.165) is 12.8 Å². The average molecular weight is 171 g/mol. The Hall–Kier alpha value is -0.610. The number of carbonyl (C=O) groups is 1. The highest BCUT2D eigenvalue weighted by Crippen LogP contribution is 2.52. The van der Waals surface area contributed by atoms with Crippen molar-refractivity contribution in [3.63, 3.8) is 0 Å². The van der Waals surface area contributed by atoms with E-state index in [1.54, 1.807) is 0 Å². The van der Waals surface area contributed by atoms with Crippen LogP contribution in [0, 0.1) is 5.41 Å². The molecule has 12 heavy (non-hydrogen) atoms. The Morgan fingerprint density at radius 3 is 2.58 bits per heavy atom. The standard InChI is InChI=1S/C8H13NO3/c9-4-8-2-1-7(3-8,5-12-8)6(10)11/h1-5,9H2,(H,10,11). The molecule has 1 aliphatic heterocycles. The maximum atomic E-state index is 10.9. The van der Waals surface area contributed by atoms with Crippen LogP contribution < -0.4 is 5.73 Å². The zero-order valence-corrected chi connectivity index (χ0v) is 6.88. The summed E-state index contributed by atoms with van der Waals surface area (Å²) in [6.45, 7) is 0.793. The van der Waals surface area contributed by atoms with Gasteiger partial charge >= 0.3 is 5.97 Å². The van der Waals surface area contributed by atoms with Crippen LogP contribution in [0.2, 0.25) is 0 Å². The zero-order valence-electron chi connectivity index (χ0n) is 6.88. The van der Waals surface area contributed by atoms with Crippen LogP contribution in [0.1, 0.15) is 19.3 Å². The number of aliphatic carboxylic acids is 1. The van der Waals surface area contributed by atoms with Crippen LogP contribution in [0.4, 0.5) is 0 Å². The number of hydrogen-bond donors (Lipinski definition) is 2. The topological polar surface area (TPSA) is 72.6 Å². The summed E-state index contributed by atoms with van der Waals surface area (Å²) in [5.74, 6) is -0.727. The number of carboxylic acid groups (broad SMARTS) is 1. The molecule has 2 rings (SSSR count). The molecule has 0 amide bonds. The van der Waals surface area contributed by atoms with Gasteiger partial charge in [0, 0.05) is 6.54 Å². The normalized spacial score (nSPS) is 45.1. The van der Waals surface area contributed by atoms with Crippen molar-refractivity contribution in [2.75, 3.05) is 13.2 Å². The minimum Gasteiger partial charge on any atom is -0.481 e. The van der Waals surface area contributed by atoms with Gasteiger partial charge in [-0.2, -0.15) is 0 Å². The number of rotatable bonds is 2. The third-order valence-electron chi connectivity index (χ3n) is 3.20. The molecule has 1 saturated carbocycles. The first-order chi connectivity index (χ1) is 5.63. The van der Waals surface area contributed by atoms with Crippen LogP contribution in [-0.2, 0) is 9.53 Å². The van der Waals surface area contributed by atoms with E-state index in [2.05, 4.69) is 0 Å². The predicted molar refractivity (Wildman–Crippen MR) is 41.7 cm³/mol. The Labute approximate surface area is 70.7 Å². The predicted octanol–water partition coefficient (Wildman–Crippen LogP) is -0.0310. The molecule has 4 nitrogen and oxygen atoms in total. The van der Waals surface area contributed by atoms with Crippen LogP contribution in [-0.4, -0.2) is 29.8 Å². The van der Waals surface area contributed by atoms with Crippen molar-refractivity contribution in [2.45, 2.75) is 24.9 Å². The molecule has 2 unspecified atom stereocenters. The second kappa shape index (κ2) is 2.20. The van der Waals surface area contributed by atoms with Gasteiger partial charge in [0.2, 0.25) is 0 Å². The summed E-state index contributed by atoms with van der Waals surface area (Å²) >= 11 is 0. The van der Waals surface area contributed by atoms with Crippen molar-refractivity contribution in [3.8, 4) is 0 Å². The van der Waals surface area contributed by atoms with E-state index in [9.17, 15) is 4.79 Å². The van der Waals surface area contributed by atoms with Gasteiger partial charge in [0.05, 0.1) is 17.6 Å². The van der Waals surface area contributed by atoms with Crippen molar-refractivity contribution >= 4 is 5.97 Å². The summed E-state index contributed by atoms with van der Waals surface area (Å²) in [6.07, 6.45) is 2.13. The molecule has 2 atom stereocenters. The van der Waals surface area contributed by atoms with E-state index in [1.165, 1.54) is 0 Å². The molecule has 2 bridgehead atoms. The van der Waals surface area contributed by atoms with Crippen LogP contribution in [0.15, 0.2) is 0 Å². The molecule has 0 aromatic carbocycles. The molecule has 2 aliphatic rings. The van der Waals surface area contributed by atoms with E-state index in [-0.39, 0.29) is 5.60 Å². The van der Waals surface area contributed by atoms with Gasteiger partial charge in [-0.15, -0.1) is 0 Å². The fraction of sp³-hybridized carbons (Fsp3) is 0.875. The molecular weight excluding hydrogens is 158 g/mol. The van der Waals surface area contributed by atoms with Gasteiger partial charge in [-0.3, -0.25) is 4.79 Å². The Kier molecular flexibility index (Phi) is 1.47. The summed E-state index contributed by atoms with van der Waals surface area (Å²) in [4.78, 5) is 10.9. The smallest absolute Gasteiger partial charge is 0.312 e. The lowest BCUT2D eigenvalue weighted by molar-refractivity contribution is -0.150. The lowest BCUT2D eigenvalue weighted by Crippen LogP contribution is -2.35. The SMILES string of the molecule is NCC12CCC(C(=O)O)(CO1)C2. The molecule has 4 heteroatoms. The minimum absolute atomic E-state index is 0.307. The number of hydrogen-bond acceptors (Lipinski definition) is 3. The van der Waals surface area contributed by atoms with E-state index in [1.807, 2.05) is 0 Å². The van der Waals surface area contributed by atoms with Gasteiger partial charge in [0.15, 0.2) is 0 Å². The van der Waals surface area contributed by atoms with Crippen molar-refractivity contribution in [1.29, 1.82) is 0 Å². The molecule has 68 valence electrons. The van der Waals surface area contributed by atoms with Crippen molar-refractivity contribution in [1.82, 2.24) is 0 Å². The number of ether oxygens (including phenoxy) is 1. The van der Waals surface area contributed by atoms with Crippen LogP contribution in [0.3, 0.4) is 0 Å². The fourth-order valence-electron chi connectivity index (χ4n) is 2.28. The Balaban J connectivity index is 2.23. The maximum absolute atomic E-state index is 10.9. The Morgan fingerprint density at radius 2 is 2.33 bits per heavy atom. The van der Waals surface area contributed by atoms with Crippen LogP contribution in [0.5, 0.6) is 0 Å². The van der Waals surface area contributed by atoms with Crippen LogP contribution >= 0.6 is 0 Å². The molecule has 0 spiro atoms. The summed E-state index contributed by atoms with van der Waals surface area (Å²) in [7, 11) is 0. The van der Waals surface area contributed by atoms with Crippen molar-refractivity contribution in [3.05, 3.63) is 0 Å². The molecule has 0 radical (unpaired) electrons. The summed E-state index contributed by atoms with van der Waals surface area (Å²) in [5.41, 5.74) is 4.63. The van der Waals surface area contributed by atoms with Crippen molar-refractivity contribution in [2.24, 2.45) is 11.1 Å². The van der Waals surface area contributed by atoms with E-state index in [0.29, 0.717) is 19.6 Å². The Morgan fingerprint density at radius 1 is 1.58 bits per heavy atom. The highest BCUT2D eigenvalue weighted by atomic mass is 16.5.